The fourth-order valence-corrected chi connectivity index (χ4v) is 6.46. The molecule has 0 atom stereocenters. The number of nitrogens with zero attached hydrogens (tertiary/aromatic N) is 4. The average Bonchev–Trinajstić information content (AvgIpc) is 3.34. The zero-order valence-corrected chi connectivity index (χ0v) is 27.3. The predicted molar refractivity (Wildman–Crippen MR) is 183 cm³/mol. The van der Waals surface area contributed by atoms with E-state index in [1.807, 2.05) is 26.1 Å². The molecule has 3 heterocycles. The topological polar surface area (TPSA) is 91.3 Å². The van der Waals surface area contributed by atoms with Gasteiger partial charge in [0.15, 0.2) is 0 Å². The van der Waals surface area contributed by atoms with Crippen LogP contribution in [0.5, 0.6) is 0 Å². The van der Waals surface area contributed by atoms with E-state index in [0.29, 0.717) is 18.7 Å². The Hall–Kier alpha value is -3.72. The molecule has 1 fully saturated rings. The molecule has 0 amide bonds. The molecule has 0 bridgehead atoms. The number of nitrogens with one attached hydrogen (secondary N) is 2. The van der Waals surface area contributed by atoms with E-state index in [1.54, 1.807) is 0 Å². The van der Waals surface area contributed by atoms with Crippen LogP contribution in [0.4, 0.5) is 0 Å². The van der Waals surface area contributed by atoms with Crippen molar-refractivity contribution in [2.45, 2.75) is 72.5 Å². The first-order chi connectivity index (χ1) is 22.1. The van der Waals surface area contributed by atoms with Crippen molar-refractivity contribution in [2.24, 2.45) is 0 Å². The highest BCUT2D eigenvalue weighted by Gasteiger charge is 2.16. The van der Waals surface area contributed by atoms with Crippen molar-refractivity contribution in [1.29, 1.82) is 5.41 Å². The molecule has 45 heavy (non-hydrogen) atoms. The summed E-state index contributed by atoms with van der Waals surface area (Å²) in [6.45, 7) is 13.1. The number of para-hydroxylation sites is 1. The van der Waals surface area contributed by atoms with Crippen molar-refractivity contribution in [3.8, 4) is 0 Å². The Balaban J connectivity index is 0.00000196. The van der Waals surface area contributed by atoms with Crippen molar-refractivity contribution in [1.82, 2.24) is 24.3 Å². The summed E-state index contributed by atoms with van der Waals surface area (Å²) >= 11 is 0. The minimum Gasteiger partial charge on any atom is -0.396 e. The quantitative estimate of drug-likeness (QED) is 0.180. The van der Waals surface area contributed by atoms with Crippen LogP contribution in [-0.2, 0) is 24.4 Å². The van der Waals surface area contributed by atoms with Crippen molar-refractivity contribution in [3.05, 3.63) is 94.4 Å². The number of imidazole rings is 1. The summed E-state index contributed by atoms with van der Waals surface area (Å²) in [5.74, 6) is 0. The molecule has 1 aliphatic heterocycles. The highest BCUT2D eigenvalue weighted by Crippen LogP contribution is 2.26. The third-order valence-electron chi connectivity index (χ3n) is 8.85. The number of benzene rings is 2. The van der Waals surface area contributed by atoms with Gasteiger partial charge in [0.25, 0.3) is 0 Å². The predicted octanol–water partition coefficient (Wildman–Crippen LogP) is 6.12. The van der Waals surface area contributed by atoms with Crippen LogP contribution < -0.4 is 10.9 Å². The van der Waals surface area contributed by atoms with Crippen LogP contribution >= 0.6 is 0 Å². The Morgan fingerprint density at radius 1 is 0.956 bits per heavy atom. The Morgan fingerprint density at radius 3 is 2.60 bits per heavy atom. The van der Waals surface area contributed by atoms with Crippen molar-refractivity contribution < 1.29 is 9.84 Å². The van der Waals surface area contributed by atoms with E-state index in [9.17, 15) is 10.5 Å². The van der Waals surface area contributed by atoms with Crippen molar-refractivity contribution >= 4 is 21.9 Å². The molecule has 0 radical (unpaired) electrons. The minimum atomic E-state index is 0.223. The zero-order valence-electron chi connectivity index (χ0n) is 27.3. The highest BCUT2D eigenvalue weighted by atomic mass is 16.5. The van der Waals surface area contributed by atoms with Gasteiger partial charge in [0.05, 0.1) is 36.3 Å². The number of aromatic nitrogens is 3. The normalized spacial score (nSPS) is 15.7. The Bertz CT molecular complexity index is 1690. The van der Waals surface area contributed by atoms with Crippen molar-refractivity contribution in [2.75, 3.05) is 39.5 Å². The summed E-state index contributed by atoms with van der Waals surface area (Å²) in [6.07, 6.45) is 8.98. The summed E-state index contributed by atoms with van der Waals surface area (Å²) in [5.41, 5.74) is 9.99. The van der Waals surface area contributed by atoms with Crippen LogP contribution in [-0.4, -0.2) is 63.6 Å². The number of hydrogen-bond donors (Lipinski definition) is 3. The first-order valence-corrected chi connectivity index (χ1v) is 16.7. The van der Waals surface area contributed by atoms with E-state index in [4.69, 9.17) is 9.72 Å². The standard InChI is InChI=1S/C35H44N6O2.C2H6/c1-26-10-12-28(9-4-19-42)31(22-26)38-24-27-11-13-32-33(23-27)41(25-30-7-2-6-29-8-3-14-37-34(29)30)35(36)40(32)16-5-15-39-17-20-43-21-18-39;1-2/h2-3,6-8,11,13-14,22-23,36,38,42H,4-5,9-10,12,15-21,24-25H2,1H3;1-2H3. The molecule has 4 aromatic rings. The summed E-state index contributed by atoms with van der Waals surface area (Å²) in [7, 11) is 0. The zero-order chi connectivity index (χ0) is 31.6. The first-order valence-electron chi connectivity index (χ1n) is 16.7. The fraction of sp³-hybridized carbons (Fsp3) is 0.459. The number of morpholine rings is 1. The van der Waals surface area contributed by atoms with Gasteiger partial charge in [-0.25, -0.2) is 0 Å². The molecule has 6 rings (SSSR count). The maximum absolute atomic E-state index is 9.39. The van der Waals surface area contributed by atoms with Crippen LogP contribution in [0.3, 0.4) is 0 Å². The second kappa shape index (κ2) is 16.0. The number of fused-ring (bicyclic) bond motifs is 2. The van der Waals surface area contributed by atoms with E-state index < -0.39 is 0 Å². The van der Waals surface area contributed by atoms with E-state index >= 15 is 0 Å². The van der Waals surface area contributed by atoms with Crippen LogP contribution in [0.2, 0.25) is 0 Å². The molecule has 1 aliphatic carbocycles. The molecular weight excluding hydrogens is 560 g/mol. The van der Waals surface area contributed by atoms with E-state index in [0.717, 1.165) is 99.0 Å². The van der Waals surface area contributed by atoms with E-state index in [1.165, 1.54) is 22.4 Å². The Kier molecular flexibility index (Phi) is 11.6. The Morgan fingerprint density at radius 2 is 1.78 bits per heavy atom. The van der Waals surface area contributed by atoms with Gasteiger partial charge in [-0.15, -0.1) is 0 Å². The molecule has 8 nitrogen and oxygen atoms in total. The summed E-state index contributed by atoms with van der Waals surface area (Å²) in [5, 5.41) is 23.5. The molecule has 3 N–H and O–H groups in total. The van der Waals surface area contributed by atoms with Gasteiger partial charge in [0.1, 0.15) is 0 Å². The summed E-state index contributed by atoms with van der Waals surface area (Å²) in [4.78, 5) is 7.16. The van der Waals surface area contributed by atoms with E-state index in [2.05, 4.69) is 74.8 Å². The highest BCUT2D eigenvalue weighted by molar-refractivity contribution is 5.82. The number of hydrogen-bond acceptors (Lipinski definition) is 6. The number of ether oxygens (including phenoxy) is 1. The molecule has 0 spiro atoms. The van der Waals surface area contributed by atoms with E-state index in [-0.39, 0.29) is 6.61 Å². The van der Waals surface area contributed by atoms with Gasteiger partial charge in [-0.05, 0) is 80.0 Å². The maximum Gasteiger partial charge on any atom is 0.203 e. The minimum absolute atomic E-state index is 0.223. The van der Waals surface area contributed by atoms with Crippen LogP contribution in [0.1, 0.15) is 64.0 Å². The summed E-state index contributed by atoms with van der Waals surface area (Å²) in [6, 6.07) is 17.0. The van der Waals surface area contributed by atoms with Gasteiger partial charge in [0, 0.05) is 56.6 Å². The lowest BCUT2D eigenvalue weighted by molar-refractivity contribution is 0.0369. The number of aliphatic hydroxyl groups is 1. The van der Waals surface area contributed by atoms with Gasteiger partial charge in [0.2, 0.25) is 5.62 Å². The number of aliphatic hydroxyl groups excluding tert-OH is 1. The second-order valence-corrected chi connectivity index (χ2v) is 11.9. The molecule has 1 saturated heterocycles. The lowest BCUT2D eigenvalue weighted by Crippen LogP contribution is -2.37. The smallest absolute Gasteiger partial charge is 0.203 e. The lowest BCUT2D eigenvalue weighted by atomic mass is 9.93. The maximum atomic E-state index is 9.39. The monoisotopic (exact) mass is 610 g/mol. The number of pyridine rings is 1. The van der Waals surface area contributed by atoms with Gasteiger partial charge >= 0.3 is 0 Å². The lowest BCUT2D eigenvalue weighted by Gasteiger charge is -2.26. The average molecular weight is 611 g/mol. The van der Waals surface area contributed by atoms with Gasteiger partial charge in [-0.2, -0.15) is 0 Å². The third kappa shape index (κ3) is 7.93. The van der Waals surface area contributed by atoms with Gasteiger partial charge < -0.3 is 24.3 Å². The van der Waals surface area contributed by atoms with Crippen LogP contribution in [0.15, 0.2) is 77.6 Å². The summed E-state index contributed by atoms with van der Waals surface area (Å²) < 4.78 is 9.84. The molecule has 2 aromatic carbocycles. The third-order valence-corrected chi connectivity index (χ3v) is 8.85. The number of aryl methyl sites for hydroxylation is 1. The SMILES string of the molecule is CC.CC1=CC(NCc2ccc3c(c2)n(Cc2cccc4cccnc24)c(=N)n3CCCN2CCOCC2)=C(CCCO)CC1. The fourth-order valence-electron chi connectivity index (χ4n) is 6.46. The molecule has 8 heteroatoms. The van der Waals surface area contributed by atoms with Crippen LogP contribution in [0.25, 0.3) is 21.9 Å². The molecular formula is C37H50N6O2. The number of allylic oxidation sites excluding steroid dienone is 3. The Labute approximate surface area is 267 Å². The van der Waals surface area contributed by atoms with Crippen molar-refractivity contribution in [3.63, 3.8) is 0 Å². The molecule has 2 aliphatic rings. The first kappa shape index (κ1) is 32.7. The number of rotatable bonds is 12. The molecule has 240 valence electrons. The van der Waals surface area contributed by atoms with Crippen LogP contribution in [0, 0.1) is 5.41 Å². The van der Waals surface area contributed by atoms with Gasteiger partial charge in [-0.1, -0.05) is 49.8 Å². The molecule has 0 unspecified atom stereocenters. The van der Waals surface area contributed by atoms with Gasteiger partial charge in [-0.3, -0.25) is 15.3 Å². The molecule has 2 aromatic heterocycles. The second-order valence-electron chi connectivity index (χ2n) is 11.9. The largest absolute Gasteiger partial charge is 0.396 e. The molecule has 0 saturated carbocycles.